The van der Waals surface area contributed by atoms with E-state index in [1.54, 1.807) is 25.7 Å². The van der Waals surface area contributed by atoms with Crippen LogP contribution >= 0.6 is 12.6 Å². The molecule has 0 N–H and O–H groups in total. The Hall–Kier alpha value is 0.350. The van der Waals surface area contributed by atoms with Crippen LogP contribution in [0.4, 0.5) is 0 Å². The Kier molecular flexibility index (Phi) is 4.81. The van der Waals surface area contributed by atoms with Gasteiger partial charge < -0.3 is 0 Å². The Balaban J connectivity index is 1.53. The summed E-state index contributed by atoms with van der Waals surface area (Å²) in [4.78, 5) is 0. The fraction of sp³-hybridized carbons (Fsp3) is 1.00. The van der Waals surface area contributed by atoms with E-state index in [1.165, 1.54) is 51.4 Å². The molecule has 0 bridgehead atoms. The van der Waals surface area contributed by atoms with Crippen LogP contribution in [0.3, 0.4) is 0 Å². The molecule has 4 aliphatic carbocycles. The first-order valence-corrected chi connectivity index (χ1v) is 11.3. The molecule has 4 aliphatic rings. The van der Waals surface area contributed by atoms with Gasteiger partial charge in [0.1, 0.15) is 0 Å². The quantitative estimate of drug-likeness (QED) is 0.543. The van der Waals surface area contributed by atoms with Gasteiger partial charge in [-0.05, 0) is 86.4 Å². The lowest BCUT2D eigenvalue weighted by Crippen LogP contribution is -2.51. The Morgan fingerprint density at radius 3 is 2.57 bits per heavy atom. The molecule has 0 aromatic carbocycles. The maximum absolute atomic E-state index is 5.47. The van der Waals surface area contributed by atoms with E-state index in [2.05, 4.69) is 13.8 Å². The van der Waals surface area contributed by atoms with E-state index in [-0.39, 0.29) is 0 Å². The number of thiol groups is 1. The average molecular weight is 335 g/mol. The van der Waals surface area contributed by atoms with Gasteiger partial charge in [0.2, 0.25) is 0 Å². The smallest absolute Gasteiger partial charge is 0.0191 e. The highest BCUT2D eigenvalue weighted by Crippen LogP contribution is 2.64. The van der Waals surface area contributed by atoms with Gasteiger partial charge in [-0.1, -0.05) is 46.0 Å². The van der Waals surface area contributed by atoms with Crippen LogP contribution in [0, 0.1) is 41.4 Å². The molecule has 6 unspecified atom stereocenters. The second-order valence-corrected chi connectivity index (χ2v) is 10.5. The molecule has 0 amide bonds. The summed E-state index contributed by atoms with van der Waals surface area (Å²) < 4.78 is 0.400. The van der Waals surface area contributed by atoms with Crippen LogP contribution in [0.25, 0.3) is 0 Å². The third-order valence-electron chi connectivity index (χ3n) is 8.84. The number of hydrogen-bond donors (Lipinski definition) is 1. The predicted molar refractivity (Wildman–Crippen MR) is 103 cm³/mol. The van der Waals surface area contributed by atoms with Crippen LogP contribution < -0.4 is 0 Å². The lowest BCUT2D eigenvalue weighted by molar-refractivity contribution is -0.0174. The zero-order valence-electron chi connectivity index (χ0n) is 15.5. The maximum atomic E-state index is 5.47. The number of rotatable bonds is 3. The van der Waals surface area contributed by atoms with Crippen LogP contribution in [-0.2, 0) is 0 Å². The van der Waals surface area contributed by atoms with Gasteiger partial charge in [0, 0.05) is 4.75 Å². The van der Waals surface area contributed by atoms with Crippen molar-refractivity contribution < 1.29 is 0 Å². The lowest BCUT2D eigenvalue weighted by Gasteiger charge is -2.55. The van der Waals surface area contributed by atoms with Crippen molar-refractivity contribution >= 4 is 12.6 Å². The molecule has 0 aromatic rings. The highest BCUT2D eigenvalue weighted by molar-refractivity contribution is 7.81. The van der Waals surface area contributed by atoms with Gasteiger partial charge in [-0.25, -0.2) is 0 Å². The Bertz CT molecular complexity index is 418. The molecule has 0 heterocycles. The fourth-order valence-electron chi connectivity index (χ4n) is 7.95. The summed E-state index contributed by atoms with van der Waals surface area (Å²) in [6.45, 7) is 4.88. The Labute approximate surface area is 150 Å². The van der Waals surface area contributed by atoms with Crippen LogP contribution in [0.1, 0.15) is 90.9 Å². The molecule has 4 rings (SSSR count). The van der Waals surface area contributed by atoms with Crippen molar-refractivity contribution in [3.8, 4) is 0 Å². The minimum Gasteiger partial charge on any atom is -0.172 e. The lowest BCUT2D eigenvalue weighted by atomic mass is 9.53. The van der Waals surface area contributed by atoms with Gasteiger partial charge in [0.05, 0.1) is 0 Å². The molecule has 0 aliphatic heterocycles. The molecule has 1 heteroatoms. The van der Waals surface area contributed by atoms with Crippen LogP contribution in [0.2, 0.25) is 0 Å². The van der Waals surface area contributed by atoms with Crippen molar-refractivity contribution in [3.05, 3.63) is 0 Å². The number of fused-ring (bicyclic) bond motifs is 5. The first-order valence-electron chi connectivity index (χ1n) is 10.9. The molecule has 0 radical (unpaired) electrons. The van der Waals surface area contributed by atoms with Crippen molar-refractivity contribution in [2.24, 2.45) is 41.4 Å². The summed E-state index contributed by atoms with van der Waals surface area (Å²) >= 11 is 5.47. The van der Waals surface area contributed by atoms with Gasteiger partial charge in [-0.3, -0.25) is 0 Å². The van der Waals surface area contributed by atoms with E-state index in [1.807, 2.05) is 0 Å². The summed E-state index contributed by atoms with van der Waals surface area (Å²) in [5.74, 6) is 7.09. The fourth-order valence-corrected chi connectivity index (χ4v) is 8.78. The minimum absolute atomic E-state index is 0.400. The topological polar surface area (TPSA) is 0 Å². The molecule has 23 heavy (non-hydrogen) atoms. The van der Waals surface area contributed by atoms with Gasteiger partial charge in [-0.15, -0.1) is 0 Å². The highest BCUT2D eigenvalue weighted by Gasteiger charge is 2.57. The summed E-state index contributed by atoms with van der Waals surface area (Å²) in [7, 11) is 0. The molecule has 4 fully saturated rings. The SMILES string of the molecule is CCC[C@@H](C)[C@H]1CCC2C3CCC4CCCCC4C3CCC21S. The molecular formula is C22H38S. The van der Waals surface area contributed by atoms with Crippen molar-refractivity contribution in [2.45, 2.75) is 95.6 Å². The molecule has 8 atom stereocenters. The largest absolute Gasteiger partial charge is 0.172 e. The normalized spacial score (nSPS) is 50.7. The third-order valence-corrected chi connectivity index (χ3v) is 9.72. The predicted octanol–water partition coefficient (Wildman–Crippen LogP) is 6.74. The standard InChI is InChI=1S/C22H38S/c1-3-6-15(2)20-11-12-21-19-10-9-16-7-4-5-8-17(16)18(19)13-14-22(20,21)23/h15-21,23H,3-14H2,1-2H3/t15-,16?,17?,18?,19?,20-,21?,22?/m1/s1. The molecule has 0 saturated heterocycles. The first kappa shape index (κ1) is 16.8. The van der Waals surface area contributed by atoms with E-state index in [0.717, 1.165) is 41.4 Å². The van der Waals surface area contributed by atoms with Crippen LogP contribution in [0.15, 0.2) is 0 Å². The van der Waals surface area contributed by atoms with Gasteiger partial charge >= 0.3 is 0 Å². The van der Waals surface area contributed by atoms with Crippen LogP contribution in [0.5, 0.6) is 0 Å². The molecular weight excluding hydrogens is 296 g/mol. The second-order valence-electron chi connectivity index (χ2n) is 9.70. The van der Waals surface area contributed by atoms with Gasteiger partial charge in [0.15, 0.2) is 0 Å². The van der Waals surface area contributed by atoms with E-state index in [4.69, 9.17) is 12.6 Å². The maximum Gasteiger partial charge on any atom is 0.0191 e. The molecule has 0 aromatic heterocycles. The average Bonchev–Trinajstić information content (AvgIpc) is 2.92. The number of hydrogen-bond acceptors (Lipinski definition) is 1. The Morgan fingerprint density at radius 1 is 0.913 bits per heavy atom. The third kappa shape index (κ3) is 2.72. The van der Waals surface area contributed by atoms with Gasteiger partial charge in [0.25, 0.3) is 0 Å². The van der Waals surface area contributed by atoms with Crippen molar-refractivity contribution in [3.63, 3.8) is 0 Å². The molecule has 4 saturated carbocycles. The zero-order chi connectivity index (χ0) is 16.0. The molecule has 0 nitrogen and oxygen atoms in total. The van der Waals surface area contributed by atoms with E-state index < -0.39 is 0 Å². The summed E-state index contributed by atoms with van der Waals surface area (Å²) in [6.07, 6.45) is 18.0. The second kappa shape index (κ2) is 6.58. The minimum atomic E-state index is 0.400. The van der Waals surface area contributed by atoms with Crippen LogP contribution in [-0.4, -0.2) is 4.75 Å². The van der Waals surface area contributed by atoms with Gasteiger partial charge in [-0.2, -0.15) is 12.6 Å². The van der Waals surface area contributed by atoms with E-state index >= 15 is 0 Å². The summed E-state index contributed by atoms with van der Waals surface area (Å²) in [5.41, 5.74) is 0. The van der Waals surface area contributed by atoms with E-state index in [9.17, 15) is 0 Å². The Morgan fingerprint density at radius 2 is 1.74 bits per heavy atom. The summed E-state index contributed by atoms with van der Waals surface area (Å²) in [5, 5.41) is 0. The van der Waals surface area contributed by atoms with Crippen molar-refractivity contribution in [2.75, 3.05) is 0 Å². The van der Waals surface area contributed by atoms with E-state index in [0.29, 0.717) is 4.75 Å². The summed E-state index contributed by atoms with van der Waals surface area (Å²) in [6, 6.07) is 0. The van der Waals surface area contributed by atoms with Crippen molar-refractivity contribution in [1.29, 1.82) is 0 Å². The monoisotopic (exact) mass is 334 g/mol. The highest BCUT2D eigenvalue weighted by atomic mass is 32.1. The molecule has 132 valence electrons. The first-order chi connectivity index (χ1) is 11.1. The molecule has 0 spiro atoms. The zero-order valence-corrected chi connectivity index (χ0v) is 16.4. The van der Waals surface area contributed by atoms with Crippen molar-refractivity contribution in [1.82, 2.24) is 0 Å².